The summed E-state index contributed by atoms with van der Waals surface area (Å²) >= 11 is 5.99. The van der Waals surface area contributed by atoms with Gasteiger partial charge < -0.3 is 25.4 Å². The maximum absolute atomic E-state index is 13.4. The number of ether oxygens (including phenoxy) is 2. The lowest BCUT2D eigenvalue weighted by molar-refractivity contribution is -0.146. The summed E-state index contributed by atoms with van der Waals surface area (Å²) in [5, 5.41) is 8.87. The lowest BCUT2D eigenvalue weighted by Crippen LogP contribution is -2.53. The Balaban J connectivity index is 1.67. The van der Waals surface area contributed by atoms with Crippen LogP contribution in [0.25, 0.3) is 0 Å². The largest absolute Gasteiger partial charge is 0.467 e. The molecule has 3 atom stereocenters. The zero-order chi connectivity index (χ0) is 27.0. The molecule has 37 heavy (non-hydrogen) atoms. The van der Waals surface area contributed by atoms with Crippen molar-refractivity contribution in [3.63, 3.8) is 0 Å². The first-order chi connectivity index (χ1) is 17.6. The summed E-state index contributed by atoms with van der Waals surface area (Å²) in [6, 6.07) is 5.06. The third-order valence-electron chi connectivity index (χ3n) is 7.07. The third kappa shape index (κ3) is 8.91. The Kier molecular flexibility index (Phi) is 10.2. The summed E-state index contributed by atoms with van der Waals surface area (Å²) in [6.07, 6.45) is 5.61. The van der Waals surface area contributed by atoms with Gasteiger partial charge >= 0.3 is 12.1 Å². The van der Waals surface area contributed by atoms with E-state index in [1.54, 1.807) is 24.3 Å². The van der Waals surface area contributed by atoms with Gasteiger partial charge in [-0.15, -0.1) is 0 Å². The fourth-order valence-corrected chi connectivity index (χ4v) is 5.46. The maximum Gasteiger partial charge on any atom is 0.408 e. The topological polar surface area (TPSA) is 123 Å². The van der Waals surface area contributed by atoms with E-state index in [1.807, 2.05) is 13.8 Å². The van der Waals surface area contributed by atoms with Crippen molar-refractivity contribution in [3.05, 3.63) is 34.9 Å². The van der Waals surface area contributed by atoms with Gasteiger partial charge in [-0.1, -0.05) is 55.8 Å². The molecule has 0 spiro atoms. The van der Waals surface area contributed by atoms with E-state index < -0.39 is 36.0 Å². The van der Waals surface area contributed by atoms with Crippen LogP contribution >= 0.6 is 11.6 Å². The molecular weight excluding hydrogens is 498 g/mol. The molecule has 3 N–H and O–H groups in total. The van der Waals surface area contributed by atoms with Crippen LogP contribution in [0.2, 0.25) is 5.02 Å². The van der Waals surface area contributed by atoms with Gasteiger partial charge in [0, 0.05) is 16.5 Å². The predicted octanol–water partition coefficient (Wildman–Crippen LogP) is 3.87. The fraction of sp³-hybridized carbons (Fsp3) is 0.630. The Labute approximate surface area is 223 Å². The van der Waals surface area contributed by atoms with Crippen molar-refractivity contribution in [3.8, 4) is 0 Å². The van der Waals surface area contributed by atoms with Gasteiger partial charge in [-0.25, -0.2) is 9.59 Å². The molecule has 2 aliphatic rings. The average molecular weight is 536 g/mol. The second-order valence-corrected chi connectivity index (χ2v) is 11.2. The first kappa shape index (κ1) is 28.8. The molecular formula is C27H38ClN3O6. The molecule has 1 aromatic rings. The van der Waals surface area contributed by atoms with Crippen molar-refractivity contribution >= 4 is 35.5 Å². The molecule has 1 heterocycles. The number of hydrogen-bond acceptors (Lipinski definition) is 6. The van der Waals surface area contributed by atoms with Crippen molar-refractivity contribution in [1.82, 2.24) is 16.0 Å². The Hall–Kier alpha value is -2.81. The molecule has 1 aliphatic heterocycles. The van der Waals surface area contributed by atoms with Crippen LogP contribution in [0.5, 0.6) is 0 Å². The Morgan fingerprint density at radius 3 is 2.46 bits per heavy atom. The van der Waals surface area contributed by atoms with Gasteiger partial charge in [0.25, 0.3) is 0 Å². The molecule has 1 saturated carbocycles. The van der Waals surface area contributed by atoms with E-state index in [4.69, 9.17) is 21.1 Å². The van der Waals surface area contributed by atoms with Gasteiger partial charge in [-0.2, -0.15) is 0 Å². The molecule has 3 rings (SSSR count). The number of halogens is 1. The average Bonchev–Trinajstić information content (AvgIpc) is 3.12. The monoisotopic (exact) mass is 535 g/mol. The second-order valence-electron chi connectivity index (χ2n) is 10.7. The van der Waals surface area contributed by atoms with E-state index >= 15 is 0 Å². The highest BCUT2D eigenvalue weighted by molar-refractivity contribution is 6.30. The third-order valence-corrected chi connectivity index (χ3v) is 7.31. The van der Waals surface area contributed by atoms with Crippen LogP contribution in [0.15, 0.2) is 24.3 Å². The minimum atomic E-state index is -1.01. The number of benzene rings is 1. The predicted molar refractivity (Wildman–Crippen MR) is 139 cm³/mol. The van der Waals surface area contributed by atoms with E-state index in [0.29, 0.717) is 17.9 Å². The van der Waals surface area contributed by atoms with Crippen molar-refractivity contribution in [2.75, 3.05) is 7.11 Å². The van der Waals surface area contributed by atoms with Crippen LogP contribution in [0.3, 0.4) is 0 Å². The van der Waals surface area contributed by atoms with E-state index in [1.165, 1.54) is 7.11 Å². The van der Waals surface area contributed by atoms with Crippen LogP contribution in [0, 0.1) is 11.8 Å². The summed E-state index contributed by atoms with van der Waals surface area (Å²) in [6.45, 7) is 3.83. The summed E-state index contributed by atoms with van der Waals surface area (Å²) < 4.78 is 10.2. The molecule has 2 fully saturated rings. The molecule has 0 aromatic heterocycles. The zero-order valence-electron chi connectivity index (χ0n) is 21.8. The van der Waals surface area contributed by atoms with Crippen molar-refractivity contribution in [2.24, 2.45) is 11.8 Å². The zero-order valence-corrected chi connectivity index (χ0v) is 22.6. The quantitative estimate of drug-likeness (QED) is 0.391. The van der Waals surface area contributed by atoms with E-state index in [0.717, 1.165) is 37.7 Å². The molecule has 1 aromatic carbocycles. The van der Waals surface area contributed by atoms with Gasteiger partial charge in [0.05, 0.1) is 7.11 Å². The van der Waals surface area contributed by atoms with Crippen LogP contribution < -0.4 is 16.0 Å². The maximum atomic E-state index is 13.4. The highest BCUT2D eigenvalue weighted by Crippen LogP contribution is 2.29. The second kappa shape index (κ2) is 13.1. The highest BCUT2D eigenvalue weighted by atomic mass is 35.5. The van der Waals surface area contributed by atoms with Crippen LogP contribution in [0.4, 0.5) is 4.79 Å². The number of rotatable bonds is 10. The lowest BCUT2D eigenvalue weighted by Gasteiger charge is -2.28. The summed E-state index contributed by atoms with van der Waals surface area (Å²) in [4.78, 5) is 51.0. The molecule has 9 nitrogen and oxygen atoms in total. The minimum absolute atomic E-state index is 0.00151. The van der Waals surface area contributed by atoms with Crippen LogP contribution in [0.1, 0.15) is 70.8 Å². The van der Waals surface area contributed by atoms with Crippen molar-refractivity contribution in [1.29, 1.82) is 0 Å². The molecule has 204 valence electrons. The minimum Gasteiger partial charge on any atom is -0.467 e. The van der Waals surface area contributed by atoms with Gasteiger partial charge in [-0.3, -0.25) is 9.59 Å². The summed E-state index contributed by atoms with van der Waals surface area (Å²) in [7, 11) is 1.24. The Bertz CT molecular complexity index is 979. The molecule has 0 bridgehead atoms. The normalized spacial score (nSPS) is 20.9. The lowest BCUT2D eigenvalue weighted by atomic mass is 9.84. The fourth-order valence-electron chi connectivity index (χ4n) is 5.25. The SMILES string of the molecule is COC(=O)C(CC1CC(C)(C)NC1=O)NC(=O)C(CC1CCCCC1)NC(=O)OCc1cccc(Cl)c1. The number of hydrogen-bond donors (Lipinski definition) is 3. The molecule has 1 saturated heterocycles. The molecule has 3 amide bonds. The molecule has 10 heteroatoms. The van der Waals surface area contributed by atoms with Gasteiger partial charge in [0.1, 0.15) is 18.7 Å². The number of carbonyl (C=O) groups is 4. The van der Waals surface area contributed by atoms with Crippen LogP contribution in [-0.4, -0.2) is 48.6 Å². The Morgan fingerprint density at radius 2 is 1.84 bits per heavy atom. The number of esters is 1. The van der Waals surface area contributed by atoms with Gasteiger partial charge in [-0.05, 0) is 56.7 Å². The van der Waals surface area contributed by atoms with E-state index in [2.05, 4.69) is 16.0 Å². The number of methoxy groups -OCH3 is 1. The smallest absolute Gasteiger partial charge is 0.408 e. The first-order valence-corrected chi connectivity index (χ1v) is 13.3. The van der Waals surface area contributed by atoms with E-state index in [-0.39, 0.29) is 30.4 Å². The first-order valence-electron chi connectivity index (χ1n) is 12.9. The number of nitrogens with one attached hydrogen (secondary N) is 3. The van der Waals surface area contributed by atoms with Gasteiger partial charge in [0.15, 0.2) is 0 Å². The van der Waals surface area contributed by atoms with Crippen molar-refractivity contribution in [2.45, 2.75) is 89.4 Å². The Morgan fingerprint density at radius 1 is 1.11 bits per heavy atom. The number of carbonyl (C=O) groups excluding carboxylic acids is 4. The molecule has 0 radical (unpaired) electrons. The number of alkyl carbamates (subject to hydrolysis) is 1. The summed E-state index contributed by atoms with van der Waals surface area (Å²) in [5.41, 5.74) is 0.337. The highest BCUT2D eigenvalue weighted by Gasteiger charge is 2.40. The molecule has 1 aliphatic carbocycles. The summed E-state index contributed by atoms with van der Waals surface area (Å²) in [5.74, 6) is -1.46. The molecule has 3 unspecified atom stereocenters. The van der Waals surface area contributed by atoms with Crippen molar-refractivity contribution < 1.29 is 28.7 Å². The van der Waals surface area contributed by atoms with Crippen LogP contribution in [-0.2, 0) is 30.5 Å². The standard InChI is InChI=1S/C27H38ClN3O6/c1-27(2)15-19(23(32)31-27)14-22(25(34)36-3)29-24(33)21(13-17-8-5-4-6-9-17)30-26(35)37-16-18-10-7-11-20(28)12-18/h7,10-12,17,19,21-22H,4-6,8-9,13-16H2,1-3H3,(H,29,33)(H,30,35)(H,31,32). The van der Waals surface area contributed by atoms with E-state index in [9.17, 15) is 19.2 Å². The number of amides is 3. The van der Waals surface area contributed by atoms with Gasteiger partial charge in [0.2, 0.25) is 11.8 Å².